The van der Waals surface area contributed by atoms with Gasteiger partial charge in [0.1, 0.15) is 0 Å². The molecule has 1 saturated carbocycles. The second-order valence-electron chi connectivity index (χ2n) is 3.99. The molecule has 0 aromatic heterocycles. The molecule has 3 atom stereocenters. The lowest BCUT2D eigenvalue weighted by atomic mass is 9.78. The molecule has 11 heavy (non-hydrogen) atoms. The summed E-state index contributed by atoms with van der Waals surface area (Å²) in [5.41, 5.74) is 0. The summed E-state index contributed by atoms with van der Waals surface area (Å²) >= 11 is 0. The van der Waals surface area contributed by atoms with Gasteiger partial charge in [-0.05, 0) is 19.3 Å². The average molecular weight is 156 g/mol. The van der Waals surface area contributed by atoms with Gasteiger partial charge in [0.15, 0.2) is 0 Å². The van der Waals surface area contributed by atoms with Crippen LogP contribution < -0.4 is 5.32 Å². The van der Waals surface area contributed by atoms with Crippen LogP contribution in [0.3, 0.4) is 0 Å². The van der Waals surface area contributed by atoms with Gasteiger partial charge in [0.25, 0.3) is 0 Å². The molecule has 2 heteroatoms. The predicted molar refractivity (Wildman–Crippen MR) is 43.2 cm³/mol. The molecule has 64 valence electrons. The first-order chi connectivity index (χ1) is 5.38. The largest absolute Gasteiger partial charge is 0.392 e. The number of quaternary nitrogens is 1. The minimum atomic E-state index is 0.0188. The molecule has 2 rings (SSSR count). The minimum absolute atomic E-state index is 0.0188. The van der Waals surface area contributed by atoms with Gasteiger partial charge in [-0.15, -0.1) is 0 Å². The van der Waals surface area contributed by atoms with Crippen molar-refractivity contribution in [3.05, 3.63) is 0 Å². The second kappa shape index (κ2) is 3.11. The van der Waals surface area contributed by atoms with Gasteiger partial charge in [0.05, 0.1) is 18.7 Å². The third-order valence-electron chi connectivity index (χ3n) is 3.30. The van der Waals surface area contributed by atoms with Crippen LogP contribution in [0.2, 0.25) is 0 Å². The summed E-state index contributed by atoms with van der Waals surface area (Å²) < 4.78 is 0. The zero-order chi connectivity index (χ0) is 7.68. The lowest BCUT2D eigenvalue weighted by Crippen LogP contribution is -2.94. The molecule has 2 nitrogen and oxygen atoms in total. The van der Waals surface area contributed by atoms with Crippen LogP contribution in [0.5, 0.6) is 0 Å². The molecule has 0 aromatic carbocycles. The highest BCUT2D eigenvalue weighted by Crippen LogP contribution is 2.27. The fraction of sp³-hybridized carbons (Fsp3) is 1.00. The van der Waals surface area contributed by atoms with E-state index in [2.05, 4.69) is 5.32 Å². The molecule has 0 radical (unpaired) electrons. The van der Waals surface area contributed by atoms with Crippen LogP contribution in [0, 0.1) is 5.92 Å². The van der Waals surface area contributed by atoms with Crippen molar-refractivity contribution < 1.29 is 10.4 Å². The van der Waals surface area contributed by atoms with E-state index in [-0.39, 0.29) is 6.10 Å². The van der Waals surface area contributed by atoms with E-state index >= 15 is 0 Å². The number of aliphatic hydroxyl groups is 1. The molecule has 0 unspecified atom stereocenters. The molecular weight excluding hydrogens is 138 g/mol. The maximum atomic E-state index is 9.68. The number of aliphatic hydroxyl groups excluding tert-OH is 1. The van der Waals surface area contributed by atoms with Crippen molar-refractivity contribution in [2.75, 3.05) is 6.54 Å². The zero-order valence-corrected chi connectivity index (χ0v) is 7.00. The van der Waals surface area contributed by atoms with Crippen molar-refractivity contribution in [3.8, 4) is 0 Å². The van der Waals surface area contributed by atoms with Gasteiger partial charge < -0.3 is 10.4 Å². The Bertz CT molecular complexity index is 136. The van der Waals surface area contributed by atoms with Crippen molar-refractivity contribution in [2.24, 2.45) is 5.92 Å². The van der Waals surface area contributed by atoms with E-state index in [1.165, 1.54) is 25.7 Å². The average Bonchev–Trinajstić information content (AvgIpc) is 2.06. The van der Waals surface area contributed by atoms with E-state index in [1.54, 1.807) is 0 Å². The Labute approximate surface area is 68.0 Å². The minimum Gasteiger partial charge on any atom is -0.392 e. The number of hydrogen-bond donors (Lipinski definition) is 2. The third-order valence-corrected chi connectivity index (χ3v) is 3.30. The van der Waals surface area contributed by atoms with Crippen LogP contribution in [-0.4, -0.2) is 23.8 Å². The van der Waals surface area contributed by atoms with Crippen molar-refractivity contribution in [1.82, 2.24) is 0 Å². The van der Waals surface area contributed by atoms with Gasteiger partial charge in [0.2, 0.25) is 0 Å². The molecule has 0 spiro atoms. The highest BCUT2D eigenvalue weighted by molar-refractivity contribution is 4.81. The summed E-state index contributed by atoms with van der Waals surface area (Å²) in [5.74, 6) is 0.623. The quantitative estimate of drug-likeness (QED) is 0.504. The summed E-state index contributed by atoms with van der Waals surface area (Å²) in [6.07, 6.45) is 6.35. The summed E-state index contributed by atoms with van der Waals surface area (Å²) in [5, 5.41) is 12.1. The Balaban J connectivity index is 1.99. The summed E-state index contributed by atoms with van der Waals surface area (Å²) in [6.45, 7) is 1.14. The van der Waals surface area contributed by atoms with E-state index in [4.69, 9.17) is 0 Å². The van der Waals surface area contributed by atoms with Crippen molar-refractivity contribution >= 4 is 0 Å². The number of fused-ring (bicyclic) bond motifs is 1. The molecule has 0 aromatic rings. The topological polar surface area (TPSA) is 36.8 Å². The lowest BCUT2D eigenvalue weighted by Gasteiger charge is -2.36. The van der Waals surface area contributed by atoms with Crippen LogP contribution in [-0.2, 0) is 0 Å². The first kappa shape index (κ1) is 7.56. The molecule has 2 fully saturated rings. The van der Waals surface area contributed by atoms with Crippen molar-refractivity contribution in [2.45, 2.75) is 44.2 Å². The van der Waals surface area contributed by atoms with Gasteiger partial charge in [-0.1, -0.05) is 6.42 Å². The maximum Gasteiger partial charge on any atom is 0.0912 e. The highest BCUT2D eigenvalue weighted by Gasteiger charge is 2.36. The van der Waals surface area contributed by atoms with Crippen molar-refractivity contribution in [1.29, 1.82) is 0 Å². The molecule has 0 bridgehead atoms. The second-order valence-corrected chi connectivity index (χ2v) is 3.99. The van der Waals surface area contributed by atoms with E-state index in [0.717, 1.165) is 19.0 Å². The predicted octanol–water partition coefficient (Wildman–Crippen LogP) is -0.127. The smallest absolute Gasteiger partial charge is 0.0912 e. The van der Waals surface area contributed by atoms with Crippen LogP contribution in [0.15, 0.2) is 0 Å². The number of piperidine rings is 1. The number of rotatable bonds is 0. The number of hydrogen-bond acceptors (Lipinski definition) is 1. The van der Waals surface area contributed by atoms with Crippen LogP contribution in [0.25, 0.3) is 0 Å². The van der Waals surface area contributed by atoms with E-state index < -0.39 is 0 Å². The van der Waals surface area contributed by atoms with Crippen LogP contribution >= 0.6 is 0 Å². The summed E-state index contributed by atoms with van der Waals surface area (Å²) in [7, 11) is 0. The summed E-state index contributed by atoms with van der Waals surface area (Å²) in [4.78, 5) is 0. The summed E-state index contributed by atoms with van der Waals surface area (Å²) in [6, 6.07) is 0.757. The Morgan fingerprint density at radius 3 is 2.73 bits per heavy atom. The number of nitrogens with two attached hydrogens (primary N) is 1. The van der Waals surface area contributed by atoms with E-state index in [9.17, 15) is 5.11 Å². The van der Waals surface area contributed by atoms with Crippen LogP contribution in [0.4, 0.5) is 0 Å². The molecule has 1 saturated heterocycles. The van der Waals surface area contributed by atoms with Gasteiger partial charge in [0, 0.05) is 12.3 Å². The van der Waals surface area contributed by atoms with Gasteiger partial charge in [-0.3, -0.25) is 0 Å². The highest BCUT2D eigenvalue weighted by atomic mass is 16.3. The third kappa shape index (κ3) is 1.42. The Hall–Kier alpha value is -0.0800. The van der Waals surface area contributed by atoms with Crippen LogP contribution in [0.1, 0.15) is 32.1 Å². The molecular formula is C9H18NO+. The molecule has 1 aliphatic heterocycles. The van der Waals surface area contributed by atoms with Gasteiger partial charge in [-0.2, -0.15) is 0 Å². The molecule has 1 aliphatic carbocycles. The molecule has 1 heterocycles. The van der Waals surface area contributed by atoms with E-state index in [0.29, 0.717) is 5.92 Å². The Kier molecular flexibility index (Phi) is 2.14. The first-order valence-corrected chi connectivity index (χ1v) is 4.89. The lowest BCUT2D eigenvalue weighted by molar-refractivity contribution is -0.710. The van der Waals surface area contributed by atoms with Crippen molar-refractivity contribution in [3.63, 3.8) is 0 Å². The maximum absolute atomic E-state index is 9.68. The van der Waals surface area contributed by atoms with E-state index in [1.807, 2.05) is 0 Å². The zero-order valence-electron chi connectivity index (χ0n) is 7.00. The molecule has 0 amide bonds. The molecule has 2 aliphatic rings. The fourth-order valence-corrected chi connectivity index (χ4v) is 2.65. The first-order valence-electron chi connectivity index (χ1n) is 4.89. The Morgan fingerprint density at radius 1 is 1.09 bits per heavy atom. The van der Waals surface area contributed by atoms with Gasteiger partial charge in [-0.25, -0.2) is 0 Å². The van der Waals surface area contributed by atoms with Gasteiger partial charge >= 0.3 is 0 Å². The Morgan fingerprint density at radius 2 is 1.91 bits per heavy atom. The normalized spacial score (nSPS) is 45.0. The SMILES string of the molecule is O[C@@H]1CC[NH2+][C@H]2CCCC[C@H]12. The molecule has 3 N–H and O–H groups in total. The standard InChI is InChI=1S/C9H17NO/c11-9-5-6-10-8-4-2-1-3-7(8)9/h7-11H,1-6H2/p+1/t7-,8-,9+/m0/s1. The fourth-order valence-electron chi connectivity index (χ4n) is 2.65. The monoisotopic (exact) mass is 156 g/mol.